The Morgan fingerprint density at radius 3 is 2.78 bits per heavy atom. The summed E-state index contributed by atoms with van der Waals surface area (Å²) in [5.41, 5.74) is 4.14. The second kappa shape index (κ2) is 4.65. The monoisotopic (exact) mass is 237 g/mol. The molecule has 2 nitrogen and oxygen atoms in total. The van der Waals surface area contributed by atoms with Gasteiger partial charge in [-0.1, -0.05) is 37.6 Å². The molecule has 0 aliphatic carbocycles. The highest BCUT2D eigenvalue weighted by Gasteiger charge is 2.07. The molecular formula is C16H15NO. The molecule has 0 fully saturated rings. The van der Waals surface area contributed by atoms with Crippen LogP contribution in [0.4, 0.5) is 0 Å². The van der Waals surface area contributed by atoms with E-state index in [0.717, 1.165) is 29.5 Å². The molecule has 90 valence electrons. The van der Waals surface area contributed by atoms with Crippen LogP contribution in [0.15, 0.2) is 52.9 Å². The first-order valence-electron chi connectivity index (χ1n) is 6.31. The van der Waals surface area contributed by atoms with Crippen molar-refractivity contribution in [3.05, 3.63) is 54.1 Å². The van der Waals surface area contributed by atoms with Gasteiger partial charge in [0.1, 0.15) is 5.52 Å². The molecule has 0 saturated carbocycles. The molecule has 3 rings (SSSR count). The summed E-state index contributed by atoms with van der Waals surface area (Å²) in [5, 5.41) is 0. The fraction of sp³-hybridized carbons (Fsp3) is 0.188. The molecular weight excluding hydrogens is 222 g/mol. The molecule has 0 radical (unpaired) electrons. The molecule has 2 aromatic carbocycles. The third-order valence-corrected chi connectivity index (χ3v) is 3.01. The third kappa shape index (κ3) is 2.02. The maximum Gasteiger partial charge on any atom is 0.227 e. The van der Waals surface area contributed by atoms with Crippen molar-refractivity contribution in [1.82, 2.24) is 4.98 Å². The number of hydrogen-bond acceptors (Lipinski definition) is 2. The number of para-hydroxylation sites is 2. The topological polar surface area (TPSA) is 26.0 Å². The highest BCUT2D eigenvalue weighted by molar-refractivity contribution is 5.76. The van der Waals surface area contributed by atoms with E-state index in [1.807, 2.05) is 30.3 Å². The Bertz CT molecular complexity index is 636. The number of aryl methyl sites for hydroxylation is 1. The summed E-state index contributed by atoms with van der Waals surface area (Å²) in [7, 11) is 0. The Morgan fingerprint density at radius 1 is 1.06 bits per heavy atom. The lowest BCUT2D eigenvalue weighted by molar-refractivity contribution is 0.619. The minimum absolute atomic E-state index is 0.703. The number of nitrogens with zero attached hydrogens (tertiary/aromatic N) is 1. The molecule has 0 aliphatic heterocycles. The Labute approximate surface area is 106 Å². The number of rotatable bonds is 3. The van der Waals surface area contributed by atoms with Gasteiger partial charge in [-0.05, 0) is 36.2 Å². The van der Waals surface area contributed by atoms with E-state index in [1.165, 1.54) is 5.56 Å². The highest BCUT2D eigenvalue weighted by atomic mass is 16.3. The van der Waals surface area contributed by atoms with Crippen LogP contribution in [0.2, 0.25) is 0 Å². The molecule has 0 spiro atoms. The standard InChI is InChI=1S/C16H15NO/c1-2-6-12-7-5-8-13(11-12)16-17-14-9-3-4-10-15(14)18-16/h3-5,7-11H,2,6H2,1H3. The molecule has 3 aromatic rings. The fourth-order valence-electron chi connectivity index (χ4n) is 2.14. The van der Waals surface area contributed by atoms with E-state index in [-0.39, 0.29) is 0 Å². The van der Waals surface area contributed by atoms with Gasteiger partial charge in [0.15, 0.2) is 5.58 Å². The first-order chi connectivity index (χ1) is 8.86. The third-order valence-electron chi connectivity index (χ3n) is 3.01. The van der Waals surface area contributed by atoms with E-state index in [2.05, 4.69) is 30.1 Å². The molecule has 1 heterocycles. The summed E-state index contributed by atoms with van der Waals surface area (Å²) in [6.45, 7) is 2.19. The average molecular weight is 237 g/mol. The summed E-state index contributed by atoms with van der Waals surface area (Å²) in [6, 6.07) is 16.3. The van der Waals surface area contributed by atoms with Crippen LogP contribution in [0.1, 0.15) is 18.9 Å². The van der Waals surface area contributed by atoms with Crippen molar-refractivity contribution in [3.63, 3.8) is 0 Å². The zero-order chi connectivity index (χ0) is 12.4. The van der Waals surface area contributed by atoms with E-state index in [0.29, 0.717) is 5.89 Å². The normalized spacial score (nSPS) is 10.9. The molecule has 18 heavy (non-hydrogen) atoms. The Hall–Kier alpha value is -2.09. The van der Waals surface area contributed by atoms with Gasteiger partial charge in [0, 0.05) is 5.56 Å². The number of fused-ring (bicyclic) bond motifs is 1. The van der Waals surface area contributed by atoms with Crippen molar-refractivity contribution < 1.29 is 4.42 Å². The van der Waals surface area contributed by atoms with Gasteiger partial charge < -0.3 is 4.42 Å². The van der Waals surface area contributed by atoms with Gasteiger partial charge >= 0.3 is 0 Å². The molecule has 0 bridgehead atoms. The molecule has 2 heteroatoms. The van der Waals surface area contributed by atoms with E-state index >= 15 is 0 Å². The lowest BCUT2D eigenvalue weighted by Gasteiger charge is -2.00. The van der Waals surface area contributed by atoms with Crippen LogP contribution in [-0.2, 0) is 6.42 Å². The molecule has 1 aromatic heterocycles. The van der Waals surface area contributed by atoms with E-state index in [9.17, 15) is 0 Å². The zero-order valence-electron chi connectivity index (χ0n) is 10.4. The fourth-order valence-corrected chi connectivity index (χ4v) is 2.14. The predicted molar refractivity (Wildman–Crippen MR) is 73.4 cm³/mol. The number of hydrogen-bond donors (Lipinski definition) is 0. The second-order valence-electron chi connectivity index (χ2n) is 4.44. The van der Waals surface area contributed by atoms with Crippen LogP contribution in [0, 0.1) is 0 Å². The van der Waals surface area contributed by atoms with Gasteiger partial charge in [-0.3, -0.25) is 0 Å². The van der Waals surface area contributed by atoms with Crippen molar-refractivity contribution in [2.45, 2.75) is 19.8 Å². The molecule has 0 aliphatic rings. The van der Waals surface area contributed by atoms with Crippen LogP contribution in [0.25, 0.3) is 22.6 Å². The number of benzene rings is 2. The maximum absolute atomic E-state index is 5.78. The van der Waals surface area contributed by atoms with E-state index in [1.54, 1.807) is 0 Å². The summed E-state index contributed by atoms with van der Waals surface area (Å²) in [5.74, 6) is 0.703. The Balaban J connectivity index is 2.05. The van der Waals surface area contributed by atoms with Crippen LogP contribution in [0.5, 0.6) is 0 Å². The number of aromatic nitrogens is 1. The second-order valence-corrected chi connectivity index (χ2v) is 4.44. The van der Waals surface area contributed by atoms with Crippen LogP contribution in [-0.4, -0.2) is 4.98 Å². The summed E-state index contributed by atoms with van der Waals surface area (Å²) in [6.07, 6.45) is 2.24. The summed E-state index contributed by atoms with van der Waals surface area (Å²) < 4.78 is 5.78. The molecule has 0 N–H and O–H groups in total. The van der Waals surface area contributed by atoms with Gasteiger partial charge in [-0.25, -0.2) is 4.98 Å². The van der Waals surface area contributed by atoms with Gasteiger partial charge in [0.25, 0.3) is 0 Å². The van der Waals surface area contributed by atoms with E-state index < -0.39 is 0 Å². The van der Waals surface area contributed by atoms with Gasteiger partial charge in [-0.15, -0.1) is 0 Å². The lowest BCUT2D eigenvalue weighted by atomic mass is 10.1. The Morgan fingerprint density at radius 2 is 1.94 bits per heavy atom. The van der Waals surface area contributed by atoms with Gasteiger partial charge in [0.2, 0.25) is 5.89 Å². The Kier molecular flexibility index (Phi) is 2.85. The van der Waals surface area contributed by atoms with Crippen molar-refractivity contribution in [2.24, 2.45) is 0 Å². The van der Waals surface area contributed by atoms with Crippen molar-refractivity contribution >= 4 is 11.1 Å². The van der Waals surface area contributed by atoms with Crippen molar-refractivity contribution in [1.29, 1.82) is 0 Å². The minimum atomic E-state index is 0.703. The minimum Gasteiger partial charge on any atom is -0.436 e. The first kappa shape index (κ1) is 11.0. The largest absolute Gasteiger partial charge is 0.436 e. The molecule has 0 atom stereocenters. The lowest BCUT2D eigenvalue weighted by Crippen LogP contribution is -1.84. The number of oxazole rings is 1. The average Bonchev–Trinajstić information content (AvgIpc) is 2.83. The van der Waals surface area contributed by atoms with Crippen molar-refractivity contribution in [3.8, 4) is 11.5 Å². The quantitative estimate of drug-likeness (QED) is 0.672. The maximum atomic E-state index is 5.78. The van der Waals surface area contributed by atoms with Gasteiger partial charge in [-0.2, -0.15) is 0 Å². The van der Waals surface area contributed by atoms with E-state index in [4.69, 9.17) is 4.42 Å². The summed E-state index contributed by atoms with van der Waals surface area (Å²) in [4.78, 5) is 4.52. The van der Waals surface area contributed by atoms with Crippen LogP contribution >= 0.6 is 0 Å². The highest BCUT2D eigenvalue weighted by Crippen LogP contribution is 2.24. The SMILES string of the molecule is CCCc1cccc(-c2nc3ccccc3o2)c1. The molecule has 0 saturated heterocycles. The molecule has 0 amide bonds. The van der Waals surface area contributed by atoms with Crippen LogP contribution < -0.4 is 0 Å². The van der Waals surface area contributed by atoms with Crippen molar-refractivity contribution in [2.75, 3.05) is 0 Å². The zero-order valence-corrected chi connectivity index (χ0v) is 10.4. The van der Waals surface area contributed by atoms with Gasteiger partial charge in [0.05, 0.1) is 0 Å². The smallest absolute Gasteiger partial charge is 0.227 e. The summed E-state index contributed by atoms with van der Waals surface area (Å²) >= 11 is 0. The van der Waals surface area contributed by atoms with Crippen LogP contribution in [0.3, 0.4) is 0 Å². The molecule has 0 unspecified atom stereocenters. The first-order valence-corrected chi connectivity index (χ1v) is 6.31. The predicted octanol–water partition coefficient (Wildman–Crippen LogP) is 4.45.